The summed E-state index contributed by atoms with van der Waals surface area (Å²) in [5.74, 6) is 0. The number of halogens is 3. The molecule has 1 nitrogen and oxygen atoms in total. The van der Waals surface area contributed by atoms with E-state index in [1.807, 2.05) is 20.8 Å². The third kappa shape index (κ3) is 5.02. The first-order chi connectivity index (χ1) is 9.27. The Balaban J connectivity index is 3.07. The molecule has 0 aromatic heterocycles. The molecule has 0 heterocycles. The van der Waals surface area contributed by atoms with Gasteiger partial charge in [0.2, 0.25) is 0 Å². The van der Waals surface area contributed by atoms with E-state index in [2.05, 4.69) is 0 Å². The van der Waals surface area contributed by atoms with Crippen molar-refractivity contribution in [2.24, 2.45) is 5.73 Å². The summed E-state index contributed by atoms with van der Waals surface area (Å²) in [4.78, 5) is 0.306. The lowest BCUT2D eigenvalue weighted by atomic mass is 10.0. The molecule has 5 heteroatoms. The van der Waals surface area contributed by atoms with E-state index in [4.69, 9.17) is 5.73 Å². The lowest BCUT2D eigenvalue weighted by molar-refractivity contribution is -0.139. The molecule has 0 bridgehead atoms. The Labute approximate surface area is 123 Å². The van der Waals surface area contributed by atoms with E-state index < -0.39 is 11.7 Å². The van der Waals surface area contributed by atoms with Crippen LogP contribution in [0.5, 0.6) is 0 Å². The van der Waals surface area contributed by atoms with E-state index in [1.165, 1.54) is 17.8 Å². The lowest BCUT2D eigenvalue weighted by Gasteiger charge is -2.17. The van der Waals surface area contributed by atoms with Crippen LogP contribution in [-0.2, 0) is 12.6 Å². The summed E-state index contributed by atoms with van der Waals surface area (Å²) in [6, 6.07) is 4.50. The van der Waals surface area contributed by atoms with E-state index in [0.29, 0.717) is 16.9 Å². The van der Waals surface area contributed by atoms with Gasteiger partial charge >= 0.3 is 6.18 Å². The van der Waals surface area contributed by atoms with Gasteiger partial charge in [0.1, 0.15) is 0 Å². The molecule has 0 spiro atoms. The van der Waals surface area contributed by atoms with Crippen molar-refractivity contribution < 1.29 is 13.2 Å². The van der Waals surface area contributed by atoms with E-state index in [9.17, 15) is 13.2 Å². The highest BCUT2D eigenvalue weighted by Gasteiger charge is 2.34. The van der Waals surface area contributed by atoms with E-state index in [-0.39, 0.29) is 11.3 Å². The van der Waals surface area contributed by atoms with Gasteiger partial charge in [0, 0.05) is 16.2 Å². The standard InChI is InChI=1S/C15H22F3NS/c1-4-10(3)20-14-7-6-11(8-12(19)5-2)9-13(14)15(16,17)18/h6-7,9-10,12H,4-5,8,19H2,1-3H3. The number of benzene rings is 1. The van der Waals surface area contributed by atoms with Crippen molar-refractivity contribution in [1.82, 2.24) is 0 Å². The van der Waals surface area contributed by atoms with Crippen molar-refractivity contribution in [3.8, 4) is 0 Å². The van der Waals surface area contributed by atoms with E-state index in [1.54, 1.807) is 12.1 Å². The Hall–Kier alpha value is -0.680. The first-order valence-corrected chi connectivity index (χ1v) is 7.78. The molecular formula is C15H22F3NS. The van der Waals surface area contributed by atoms with Crippen LogP contribution in [0, 0.1) is 0 Å². The van der Waals surface area contributed by atoms with Crippen molar-refractivity contribution in [3.63, 3.8) is 0 Å². The van der Waals surface area contributed by atoms with Gasteiger partial charge in [0.25, 0.3) is 0 Å². The Kier molecular flexibility index (Phi) is 6.40. The monoisotopic (exact) mass is 305 g/mol. The topological polar surface area (TPSA) is 26.0 Å². The second-order valence-corrected chi connectivity index (χ2v) is 6.52. The first kappa shape index (κ1) is 17.4. The number of nitrogens with two attached hydrogens (primary N) is 1. The van der Waals surface area contributed by atoms with Crippen molar-refractivity contribution in [2.45, 2.75) is 62.4 Å². The van der Waals surface area contributed by atoms with Gasteiger partial charge in [-0.15, -0.1) is 11.8 Å². The average Bonchev–Trinajstić information content (AvgIpc) is 2.38. The molecule has 20 heavy (non-hydrogen) atoms. The molecule has 0 radical (unpaired) electrons. The Morgan fingerprint density at radius 3 is 2.35 bits per heavy atom. The van der Waals surface area contributed by atoms with Gasteiger partial charge < -0.3 is 5.73 Å². The number of alkyl halides is 3. The van der Waals surface area contributed by atoms with Gasteiger partial charge in [-0.1, -0.05) is 26.8 Å². The fraction of sp³-hybridized carbons (Fsp3) is 0.600. The van der Waals surface area contributed by atoms with Crippen LogP contribution in [0.15, 0.2) is 23.1 Å². The quantitative estimate of drug-likeness (QED) is 0.758. The minimum Gasteiger partial charge on any atom is -0.327 e. The maximum absolute atomic E-state index is 13.2. The zero-order valence-corrected chi connectivity index (χ0v) is 12.9. The molecule has 0 amide bonds. The van der Waals surface area contributed by atoms with Crippen molar-refractivity contribution in [2.75, 3.05) is 0 Å². The van der Waals surface area contributed by atoms with Gasteiger partial charge in [0.15, 0.2) is 0 Å². The molecule has 2 unspecified atom stereocenters. The van der Waals surface area contributed by atoms with Crippen molar-refractivity contribution >= 4 is 11.8 Å². The molecule has 0 saturated carbocycles. The number of hydrogen-bond donors (Lipinski definition) is 1. The largest absolute Gasteiger partial charge is 0.417 e. The maximum Gasteiger partial charge on any atom is 0.417 e. The highest BCUT2D eigenvalue weighted by molar-refractivity contribution is 8.00. The normalized spacial score (nSPS) is 15.2. The molecule has 2 N–H and O–H groups in total. The molecule has 0 fully saturated rings. The van der Waals surface area contributed by atoms with Crippen molar-refractivity contribution in [3.05, 3.63) is 29.3 Å². The van der Waals surface area contributed by atoms with Gasteiger partial charge in [0.05, 0.1) is 5.56 Å². The highest BCUT2D eigenvalue weighted by Crippen LogP contribution is 2.39. The maximum atomic E-state index is 13.2. The molecular weight excluding hydrogens is 283 g/mol. The van der Waals surface area contributed by atoms with Crippen LogP contribution in [-0.4, -0.2) is 11.3 Å². The molecule has 0 saturated heterocycles. The third-order valence-electron chi connectivity index (χ3n) is 3.27. The van der Waals surface area contributed by atoms with Crippen LogP contribution in [0.2, 0.25) is 0 Å². The Bertz CT molecular complexity index is 432. The summed E-state index contributed by atoms with van der Waals surface area (Å²) in [6.07, 6.45) is -2.24. The third-order valence-corrected chi connectivity index (χ3v) is 4.62. The van der Waals surface area contributed by atoms with Crippen LogP contribution in [0.25, 0.3) is 0 Å². The number of hydrogen-bond acceptors (Lipinski definition) is 2. The molecule has 114 valence electrons. The fourth-order valence-corrected chi connectivity index (χ4v) is 2.82. The highest BCUT2D eigenvalue weighted by atomic mass is 32.2. The van der Waals surface area contributed by atoms with Gasteiger partial charge in [-0.2, -0.15) is 13.2 Å². The van der Waals surface area contributed by atoms with Gasteiger partial charge in [-0.3, -0.25) is 0 Å². The molecule has 1 aromatic carbocycles. The van der Waals surface area contributed by atoms with Crippen LogP contribution in [0.4, 0.5) is 13.2 Å². The predicted molar refractivity (Wildman–Crippen MR) is 79.0 cm³/mol. The van der Waals surface area contributed by atoms with E-state index in [0.717, 1.165) is 12.8 Å². The average molecular weight is 305 g/mol. The minimum atomic E-state index is -4.32. The molecule has 1 aromatic rings. The first-order valence-electron chi connectivity index (χ1n) is 6.90. The van der Waals surface area contributed by atoms with Crippen LogP contribution >= 0.6 is 11.8 Å². The number of rotatable bonds is 6. The number of thioether (sulfide) groups is 1. The van der Waals surface area contributed by atoms with Crippen LogP contribution in [0.3, 0.4) is 0 Å². The Morgan fingerprint density at radius 2 is 1.85 bits per heavy atom. The summed E-state index contributed by atoms with van der Waals surface area (Å²) in [5, 5.41) is 0.167. The zero-order chi connectivity index (χ0) is 15.3. The molecule has 0 aliphatic rings. The molecule has 1 rings (SSSR count). The predicted octanol–water partition coefficient (Wildman–Crippen LogP) is 4.88. The van der Waals surface area contributed by atoms with Crippen LogP contribution in [0.1, 0.15) is 44.7 Å². The Morgan fingerprint density at radius 1 is 1.20 bits per heavy atom. The van der Waals surface area contributed by atoms with Crippen molar-refractivity contribution in [1.29, 1.82) is 0 Å². The summed E-state index contributed by atoms with van der Waals surface area (Å²) in [7, 11) is 0. The van der Waals surface area contributed by atoms with Gasteiger partial charge in [-0.05, 0) is 37.0 Å². The summed E-state index contributed by atoms with van der Waals surface area (Å²) in [6.45, 7) is 5.84. The molecule has 2 atom stereocenters. The van der Waals surface area contributed by atoms with Crippen LogP contribution < -0.4 is 5.73 Å². The minimum absolute atomic E-state index is 0.0934. The second-order valence-electron chi connectivity index (χ2n) is 5.04. The summed E-state index contributed by atoms with van der Waals surface area (Å²) < 4.78 is 39.5. The fourth-order valence-electron chi connectivity index (χ4n) is 1.78. The SMILES string of the molecule is CCC(N)Cc1ccc(SC(C)CC)c(C(F)(F)F)c1. The molecule has 0 aliphatic heterocycles. The zero-order valence-electron chi connectivity index (χ0n) is 12.1. The molecule has 0 aliphatic carbocycles. The lowest BCUT2D eigenvalue weighted by Crippen LogP contribution is -2.21. The smallest absolute Gasteiger partial charge is 0.327 e. The second kappa shape index (κ2) is 7.36. The van der Waals surface area contributed by atoms with E-state index >= 15 is 0 Å². The summed E-state index contributed by atoms with van der Waals surface area (Å²) >= 11 is 1.28. The summed E-state index contributed by atoms with van der Waals surface area (Å²) in [5.41, 5.74) is 5.93. The van der Waals surface area contributed by atoms with Gasteiger partial charge in [-0.25, -0.2) is 0 Å².